The SMILES string of the molecule is O=C(O)/C=C/C=C(/c1ccc(C(F)(F)F)cc1)c1ccc(Cl)nc1. The van der Waals surface area contributed by atoms with E-state index in [0.717, 1.165) is 18.2 Å². The molecule has 0 amide bonds. The highest BCUT2D eigenvalue weighted by Gasteiger charge is 2.30. The molecule has 0 unspecified atom stereocenters. The van der Waals surface area contributed by atoms with E-state index >= 15 is 0 Å². The Morgan fingerprint density at radius 2 is 1.71 bits per heavy atom. The van der Waals surface area contributed by atoms with Crippen molar-refractivity contribution in [2.24, 2.45) is 0 Å². The number of alkyl halides is 3. The summed E-state index contributed by atoms with van der Waals surface area (Å²) in [5.74, 6) is -1.13. The molecule has 1 N–H and O–H groups in total. The summed E-state index contributed by atoms with van der Waals surface area (Å²) in [4.78, 5) is 14.5. The Labute approximate surface area is 140 Å². The molecule has 0 aliphatic heterocycles. The minimum atomic E-state index is -4.42. The van der Waals surface area contributed by atoms with E-state index in [1.54, 1.807) is 6.07 Å². The van der Waals surface area contributed by atoms with Crippen molar-refractivity contribution in [1.29, 1.82) is 0 Å². The first-order valence-corrected chi connectivity index (χ1v) is 7.06. The van der Waals surface area contributed by atoms with Gasteiger partial charge in [-0.2, -0.15) is 13.2 Å². The van der Waals surface area contributed by atoms with Gasteiger partial charge >= 0.3 is 12.1 Å². The average Bonchev–Trinajstić information content (AvgIpc) is 2.52. The van der Waals surface area contributed by atoms with Crippen molar-refractivity contribution in [1.82, 2.24) is 4.98 Å². The number of benzene rings is 1. The van der Waals surface area contributed by atoms with Gasteiger partial charge in [-0.25, -0.2) is 9.78 Å². The van der Waals surface area contributed by atoms with Crippen LogP contribution in [0, 0.1) is 0 Å². The third-order valence-corrected chi connectivity index (χ3v) is 3.29. The molecule has 0 atom stereocenters. The molecule has 24 heavy (non-hydrogen) atoms. The molecule has 0 spiro atoms. The highest BCUT2D eigenvalue weighted by molar-refractivity contribution is 6.29. The van der Waals surface area contributed by atoms with E-state index in [2.05, 4.69) is 4.98 Å². The maximum Gasteiger partial charge on any atom is 0.416 e. The minimum Gasteiger partial charge on any atom is -0.478 e. The van der Waals surface area contributed by atoms with Gasteiger partial charge in [0.2, 0.25) is 0 Å². The molecule has 0 saturated heterocycles. The van der Waals surface area contributed by atoms with Crippen LogP contribution in [0.5, 0.6) is 0 Å². The third-order valence-electron chi connectivity index (χ3n) is 3.06. The van der Waals surface area contributed by atoms with Crippen molar-refractivity contribution < 1.29 is 23.1 Å². The van der Waals surface area contributed by atoms with Crippen LogP contribution in [-0.4, -0.2) is 16.1 Å². The highest BCUT2D eigenvalue weighted by atomic mass is 35.5. The molecule has 0 aliphatic carbocycles. The number of allylic oxidation sites excluding steroid dienone is 2. The molecule has 2 rings (SSSR count). The molecule has 0 radical (unpaired) electrons. The van der Waals surface area contributed by atoms with Crippen LogP contribution in [0.2, 0.25) is 5.15 Å². The van der Waals surface area contributed by atoms with Gasteiger partial charge in [0.1, 0.15) is 5.15 Å². The molecule has 1 heterocycles. The summed E-state index contributed by atoms with van der Waals surface area (Å²) in [6, 6.07) is 7.75. The Bertz CT molecular complexity index is 779. The monoisotopic (exact) mass is 353 g/mol. The van der Waals surface area contributed by atoms with Gasteiger partial charge in [0, 0.05) is 17.8 Å². The predicted molar refractivity (Wildman–Crippen MR) is 84.5 cm³/mol. The molecule has 0 saturated carbocycles. The number of hydrogen-bond donors (Lipinski definition) is 1. The van der Waals surface area contributed by atoms with Gasteiger partial charge in [-0.15, -0.1) is 0 Å². The molecule has 0 aliphatic rings. The largest absolute Gasteiger partial charge is 0.478 e. The molecular weight excluding hydrogens is 343 g/mol. The Morgan fingerprint density at radius 3 is 2.21 bits per heavy atom. The molecular formula is C17H11ClF3NO2. The Hall–Kier alpha value is -2.60. The molecule has 7 heteroatoms. The molecule has 3 nitrogen and oxygen atoms in total. The lowest BCUT2D eigenvalue weighted by Gasteiger charge is -2.10. The van der Waals surface area contributed by atoms with Crippen molar-refractivity contribution in [2.45, 2.75) is 6.18 Å². The smallest absolute Gasteiger partial charge is 0.416 e. The summed E-state index contributed by atoms with van der Waals surface area (Å²) in [5, 5.41) is 8.93. The fourth-order valence-electron chi connectivity index (χ4n) is 1.96. The van der Waals surface area contributed by atoms with E-state index in [9.17, 15) is 18.0 Å². The van der Waals surface area contributed by atoms with Gasteiger partial charge < -0.3 is 5.11 Å². The molecule has 1 aromatic carbocycles. The summed E-state index contributed by atoms with van der Waals surface area (Å²) in [7, 11) is 0. The van der Waals surface area contributed by atoms with Crippen molar-refractivity contribution in [3.63, 3.8) is 0 Å². The average molecular weight is 354 g/mol. The van der Waals surface area contributed by atoms with Gasteiger partial charge in [0.05, 0.1) is 5.56 Å². The zero-order valence-corrected chi connectivity index (χ0v) is 12.8. The quantitative estimate of drug-likeness (QED) is 0.487. The first-order chi connectivity index (χ1) is 11.3. The van der Waals surface area contributed by atoms with Gasteiger partial charge in [-0.3, -0.25) is 0 Å². The topological polar surface area (TPSA) is 50.2 Å². The number of nitrogens with zero attached hydrogens (tertiary/aromatic N) is 1. The molecule has 2 aromatic rings. The van der Waals surface area contributed by atoms with Gasteiger partial charge in [0.15, 0.2) is 0 Å². The molecule has 1 aromatic heterocycles. The number of aromatic nitrogens is 1. The minimum absolute atomic E-state index is 0.270. The number of carbonyl (C=O) groups is 1. The number of rotatable bonds is 4. The Morgan fingerprint density at radius 1 is 1.08 bits per heavy atom. The number of pyridine rings is 1. The lowest BCUT2D eigenvalue weighted by Crippen LogP contribution is -2.04. The van der Waals surface area contributed by atoms with Crippen LogP contribution in [0.25, 0.3) is 5.57 Å². The lowest BCUT2D eigenvalue weighted by molar-refractivity contribution is -0.137. The fraction of sp³-hybridized carbons (Fsp3) is 0.0588. The second kappa shape index (κ2) is 7.31. The Balaban J connectivity index is 2.46. The second-order valence-electron chi connectivity index (χ2n) is 4.72. The molecule has 124 valence electrons. The first-order valence-electron chi connectivity index (χ1n) is 6.68. The van der Waals surface area contributed by atoms with Crippen LogP contribution in [0.3, 0.4) is 0 Å². The number of carboxylic acids is 1. The number of halogens is 4. The van der Waals surface area contributed by atoms with Crippen molar-refractivity contribution in [2.75, 3.05) is 0 Å². The van der Waals surface area contributed by atoms with Crippen molar-refractivity contribution in [3.05, 3.63) is 82.7 Å². The van der Waals surface area contributed by atoms with Crippen LogP contribution in [0.15, 0.2) is 60.8 Å². The molecule has 0 fully saturated rings. The maximum atomic E-state index is 12.7. The zero-order chi connectivity index (χ0) is 17.7. The van der Waals surface area contributed by atoms with Crippen LogP contribution in [0.1, 0.15) is 16.7 Å². The normalized spacial score (nSPS) is 12.6. The standard InChI is InChI=1S/C17H11ClF3NO2/c18-15-9-6-12(10-22-15)14(2-1-3-16(23)24)11-4-7-13(8-5-11)17(19,20)21/h1-10H,(H,23,24)/b3-1+,14-2-. The van der Waals surface area contributed by atoms with E-state index < -0.39 is 17.7 Å². The summed E-state index contributed by atoms with van der Waals surface area (Å²) >= 11 is 5.73. The zero-order valence-electron chi connectivity index (χ0n) is 12.1. The summed E-state index contributed by atoms with van der Waals surface area (Å²) < 4.78 is 38.0. The van der Waals surface area contributed by atoms with Crippen LogP contribution in [-0.2, 0) is 11.0 Å². The summed E-state index contributed by atoms with van der Waals surface area (Å²) in [6.45, 7) is 0. The van der Waals surface area contributed by atoms with Crippen LogP contribution >= 0.6 is 11.6 Å². The maximum absolute atomic E-state index is 12.7. The summed E-state index contributed by atoms with van der Waals surface area (Å²) in [5.41, 5.74) is 0.836. The van der Waals surface area contributed by atoms with Gasteiger partial charge in [-0.05, 0) is 35.4 Å². The molecule has 0 bridgehead atoms. The lowest BCUT2D eigenvalue weighted by atomic mass is 9.97. The number of hydrogen-bond acceptors (Lipinski definition) is 2. The van der Waals surface area contributed by atoms with E-state index in [-0.39, 0.29) is 5.15 Å². The van der Waals surface area contributed by atoms with E-state index in [1.807, 2.05) is 0 Å². The van der Waals surface area contributed by atoms with E-state index in [4.69, 9.17) is 16.7 Å². The van der Waals surface area contributed by atoms with Crippen LogP contribution < -0.4 is 0 Å². The third kappa shape index (κ3) is 4.70. The van der Waals surface area contributed by atoms with E-state index in [1.165, 1.54) is 36.5 Å². The number of carboxylic acid groups (broad SMARTS) is 1. The van der Waals surface area contributed by atoms with Crippen molar-refractivity contribution in [3.8, 4) is 0 Å². The fourth-order valence-corrected chi connectivity index (χ4v) is 2.07. The Kier molecular flexibility index (Phi) is 5.41. The van der Waals surface area contributed by atoms with Gasteiger partial charge in [0.25, 0.3) is 0 Å². The van der Waals surface area contributed by atoms with Crippen LogP contribution in [0.4, 0.5) is 13.2 Å². The second-order valence-corrected chi connectivity index (χ2v) is 5.11. The summed E-state index contributed by atoms with van der Waals surface area (Å²) in [6.07, 6.45) is 0.743. The van der Waals surface area contributed by atoms with Gasteiger partial charge in [-0.1, -0.05) is 35.9 Å². The highest BCUT2D eigenvalue weighted by Crippen LogP contribution is 2.31. The van der Waals surface area contributed by atoms with E-state index in [0.29, 0.717) is 16.7 Å². The predicted octanol–water partition coefficient (Wildman–Crippen LogP) is 4.83. The van der Waals surface area contributed by atoms with Crippen molar-refractivity contribution >= 4 is 23.1 Å². The number of aliphatic carboxylic acids is 1. The first kappa shape index (κ1) is 17.7.